The summed E-state index contributed by atoms with van der Waals surface area (Å²) in [5.41, 5.74) is 6.07. The van der Waals surface area contributed by atoms with Crippen molar-refractivity contribution in [3.8, 4) is 22.6 Å². The molecule has 0 aliphatic carbocycles. The summed E-state index contributed by atoms with van der Waals surface area (Å²) in [7, 11) is 0. The predicted octanol–water partition coefficient (Wildman–Crippen LogP) is 4.27. The lowest BCUT2D eigenvalue weighted by Gasteiger charge is -2.14. The van der Waals surface area contributed by atoms with Crippen molar-refractivity contribution in [3.63, 3.8) is 0 Å². The van der Waals surface area contributed by atoms with E-state index in [1.54, 1.807) is 6.20 Å². The largest absolute Gasteiger partial charge is 0.395 e. The van der Waals surface area contributed by atoms with E-state index < -0.39 is 0 Å². The number of amides is 1. The fourth-order valence-electron chi connectivity index (χ4n) is 3.97. The molecule has 0 bridgehead atoms. The minimum Gasteiger partial charge on any atom is -0.395 e. The highest BCUT2D eigenvalue weighted by molar-refractivity contribution is 5.93. The summed E-state index contributed by atoms with van der Waals surface area (Å²) in [5, 5.41) is 12.6. The van der Waals surface area contributed by atoms with Crippen molar-refractivity contribution in [2.24, 2.45) is 0 Å². The Hall–Kier alpha value is -4.04. The Morgan fingerprint density at radius 1 is 1.03 bits per heavy atom. The Balaban J connectivity index is 1.67. The Morgan fingerprint density at radius 3 is 2.49 bits per heavy atom. The van der Waals surface area contributed by atoms with Crippen molar-refractivity contribution in [3.05, 3.63) is 71.8 Å². The first-order valence-electron chi connectivity index (χ1n) is 11.6. The zero-order valence-corrected chi connectivity index (χ0v) is 20.3. The molecule has 5 rings (SSSR count). The highest BCUT2D eigenvalue weighted by Crippen LogP contribution is 2.33. The second-order valence-corrected chi connectivity index (χ2v) is 9.70. The van der Waals surface area contributed by atoms with Crippen LogP contribution in [0, 0.1) is 6.92 Å². The number of rotatable bonds is 5. The monoisotopic (exact) mass is 468 g/mol. The number of aryl methyl sites for hydroxylation is 1. The average Bonchev–Trinajstić information content (AvgIpc) is 3.48. The molecule has 4 aromatic heterocycles. The molecule has 1 aromatic carbocycles. The molecule has 8 heteroatoms. The minimum atomic E-state index is -0.336. The molecule has 0 saturated heterocycles. The third kappa shape index (κ3) is 4.28. The number of hydrogen-bond donors (Lipinski definition) is 3. The highest BCUT2D eigenvalue weighted by Gasteiger charge is 2.23. The van der Waals surface area contributed by atoms with Crippen molar-refractivity contribution < 1.29 is 9.90 Å². The van der Waals surface area contributed by atoms with Gasteiger partial charge in [-0.25, -0.2) is 15.0 Å². The number of hydrogen-bond acceptors (Lipinski definition) is 5. The molecule has 0 aliphatic heterocycles. The number of imidazole rings is 2. The first-order chi connectivity index (χ1) is 16.7. The van der Waals surface area contributed by atoms with Gasteiger partial charge >= 0.3 is 0 Å². The van der Waals surface area contributed by atoms with Gasteiger partial charge in [0.25, 0.3) is 5.91 Å². The third-order valence-corrected chi connectivity index (χ3v) is 5.90. The summed E-state index contributed by atoms with van der Waals surface area (Å²) in [6.07, 6.45) is 1.68. The summed E-state index contributed by atoms with van der Waals surface area (Å²) in [6.45, 7) is 8.49. The van der Waals surface area contributed by atoms with Crippen LogP contribution in [0.3, 0.4) is 0 Å². The maximum Gasteiger partial charge on any atom is 0.271 e. The second-order valence-electron chi connectivity index (χ2n) is 9.70. The van der Waals surface area contributed by atoms with Gasteiger partial charge in [0.2, 0.25) is 0 Å². The maximum absolute atomic E-state index is 12.4. The lowest BCUT2D eigenvalue weighted by molar-refractivity contribution is 0.0940. The quantitative estimate of drug-likeness (QED) is 0.357. The number of H-pyrrole nitrogens is 1. The van der Waals surface area contributed by atoms with Crippen LogP contribution in [0.1, 0.15) is 42.6 Å². The summed E-state index contributed by atoms with van der Waals surface area (Å²) >= 11 is 0. The van der Waals surface area contributed by atoms with Gasteiger partial charge in [-0.3, -0.25) is 9.20 Å². The van der Waals surface area contributed by atoms with E-state index in [1.165, 1.54) is 5.56 Å². The lowest BCUT2D eigenvalue weighted by atomic mass is 9.96. The van der Waals surface area contributed by atoms with Gasteiger partial charge in [-0.2, -0.15) is 0 Å². The van der Waals surface area contributed by atoms with Crippen LogP contribution in [0.2, 0.25) is 0 Å². The Labute approximate surface area is 203 Å². The number of benzene rings is 1. The van der Waals surface area contributed by atoms with E-state index in [0.717, 1.165) is 33.9 Å². The van der Waals surface area contributed by atoms with Crippen LogP contribution in [0.15, 0.2) is 54.7 Å². The van der Waals surface area contributed by atoms with Crippen molar-refractivity contribution in [2.75, 3.05) is 13.2 Å². The highest BCUT2D eigenvalue weighted by atomic mass is 16.3. The fourth-order valence-corrected chi connectivity index (χ4v) is 3.97. The summed E-state index contributed by atoms with van der Waals surface area (Å²) in [6, 6.07) is 16.1. The van der Waals surface area contributed by atoms with E-state index in [9.17, 15) is 4.79 Å². The second kappa shape index (κ2) is 8.63. The summed E-state index contributed by atoms with van der Waals surface area (Å²) in [4.78, 5) is 30.3. The number of aromatic amines is 1. The molecule has 178 valence electrons. The molecule has 0 spiro atoms. The number of carbonyl (C=O) groups is 1. The maximum atomic E-state index is 12.4. The molecule has 5 aromatic rings. The van der Waals surface area contributed by atoms with Crippen molar-refractivity contribution in [2.45, 2.75) is 33.1 Å². The zero-order valence-electron chi connectivity index (χ0n) is 20.3. The normalized spacial score (nSPS) is 11.9. The molecule has 4 heterocycles. The average molecular weight is 469 g/mol. The Bertz CT molecular complexity index is 1540. The molecular formula is C27H28N6O2. The molecule has 3 N–H and O–H groups in total. The van der Waals surface area contributed by atoms with Crippen molar-refractivity contribution in [1.29, 1.82) is 0 Å². The number of fused-ring (bicyclic) bond motifs is 3. The molecule has 8 nitrogen and oxygen atoms in total. The predicted molar refractivity (Wildman–Crippen MR) is 136 cm³/mol. The molecule has 35 heavy (non-hydrogen) atoms. The smallest absolute Gasteiger partial charge is 0.271 e. The number of aliphatic hydroxyl groups excluding tert-OH is 1. The van der Waals surface area contributed by atoms with Gasteiger partial charge in [-0.05, 0) is 31.2 Å². The van der Waals surface area contributed by atoms with Crippen LogP contribution in [-0.4, -0.2) is 48.5 Å². The van der Waals surface area contributed by atoms with E-state index in [2.05, 4.69) is 67.2 Å². The molecule has 0 aliphatic rings. The molecule has 0 saturated carbocycles. The van der Waals surface area contributed by atoms with Crippen LogP contribution in [0.25, 0.3) is 39.3 Å². The molecule has 1 amide bonds. The van der Waals surface area contributed by atoms with Gasteiger partial charge in [0.05, 0.1) is 23.7 Å². The zero-order chi connectivity index (χ0) is 24.7. The van der Waals surface area contributed by atoms with E-state index in [0.29, 0.717) is 11.3 Å². The molecular weight excluding hydrogens is 440 g/mol. The SMILES string of the molecule is Cc1ccc(-c2nc(C(C)(C)C)[nH]c2-c2ccc3ccc4nc(C(=O)NCCO)cn4c3n2)cc1. The van der Waals surface area contributed by atoms with E-state index >= 15 is 0 Å². The number of aliphatic hydroxyl groups is 1. The van der Waals surface area contributed by atoms with Gasteiger partial charge in [0, 0.05) is 29.1 Å². The van der Waals surface area contributed by atoms with E-state index in [1.807, 2.05) is 28.7 Å². The van der Waals surface area contributed by atoms with Crippen LogP contribution in [0.4, 0.5) is 0 Å². The Morgan fingerprint density at radius 2 is 1.77 bits per heavy atom. The van der Waals surface area contributed by atoms with Gasteiger partial charge in [0.15, 0.2) is 0 Å². The van der Waals surface area contributed by atoms with Crippen LogP contribution < -0.4 is 5.32 Å². The lowest BCUT2D eigenvalue weighted by Crippen LogP contribution is -2.26. The van der Waals surface area contributed by atoms with E-state index in [4.69, 9.17) is 15.1 Å². The molecule has 0 atom stereocenters. The molecule has 0 unspecified atom stereocenters. The number of aromatic nitrogens is 5. The van der Waals surface area contributed by atoms with Crippen LogP contribution in [0.5, 0.6) is 0 Å². The molecule has 0 fully saturated rings. The topological polar surface area (TPSA) is 108 Å². The van der Waals surface area contributed by atoms with Gasteiger partial charge in [-0.15, -0.1) is 0 Å². The summed E-state index contributed by atoms with van der Waals surface area (Å²) < 4.78 is 1.82. The summed E-state index contributed by atoms with van der Waals surface area (Å²) in [5.74, 6) is 0.547. The minimum absolute atomic E-state index is 0.128. The number of nitrogens with one attached hydrogen (secondary N) is 2. The van der Waals surface area contributed by atoms with Crippen LogP contribution in [-0.2, 0) is 5.41 Å². The van der Waals surface area contributed by atoms with E-state index in [-0.39, 0.29) is 30.2 Å². The first-order valence-corrected chi connectivity index (χ1v) is 11.6. The third-order valence-electron chi connectivity index (χ3n) is 5.90. The fraction of sp³-hybridized carbons (Fsp3) is 0.259. The van der Waals surface area contributed by atoms with Crippen molar-refractivity contribution >= 4 is 22.6 Å². The standard InChI is InChI=1S/C27H28N6O2/c1-16-5-7-17(8-6-16)22-23(32-26(31-22)27(2,3)4)19-11-9-18-10-12-21-29-20(25(35)28-13-14-34)15-33(21)24(18)30-19/h5-12,15,34H,13-14H2,1-4H3,(H,28,35)(H,31,32). The van der Waals surface area contributed by atoms with Gasteiger partial charge in [0.1, 0.15) is 22.8 Å². The van der Waals surface area contributed by atoms with Crippen molar-refractivity contribution in [1.82, 2.24) is 29.7 Å². The molecule has 0 radical (unpaired) electrons. The Kier molecular flexibility index (Phi) is 5.61. The van der Waals surface area contributed by atoms with Gasteiger partial charge < -0.3 is 15.4 Å². The number of nitrogens with zero attached hydrogens (tertiary/aromatic N) is 4. The van der Waals surface area contributed by atoms with Crippen LogP contribution >= 0.6 is 0 Å². The van der Waals surface area contributed by atoms with Gasteiger partial charge in [-0.1, -0.05) is 50.6 Å². The first kappa shape index (κ1) is 22.7. The number of carbonyl (C=O) groups excluding carboxylic acids is 1. The number of pyridine rings is 2.